The summed E-state index contributed by atoms with van der Waals surface area (Å²) in [5.41, 5.74) is 0.726. The minimum atomic E-state index is -0.115. The molecule has 0 saturated carbocycles. The second-order valence-electron chi connectivity index (χ2n) is 6.16. The Bertz CT molecular complexity index is 452. The summed E-state index contributed by atoms with van der Waals surface area (Å²) in [6, 6.07) is 3.72. The second-order valence-corrected chi connectivity index (χ2v) is 6.16. The predicted molar refractivity (Wildman–Crippen MR) is 63.1 cm³/mol. The van der Waals surface area contributed by atoms with Gasteiger partial charge >= 0.3 is 0 Å². The molecule has 0 spiro atoms. The first-order valence-electron chi connectivity index (χ1n) is 6.71. The van der Waals surface area contributed by atoms with Crippen LogP contribution in [0.4, 0.5) is 0 Å². The average molecular weight is 247 g/mol. The molecule has 4 aliphatic heterocycles. The number of carbonyl (C=O) groups is 1. The van der Waals surface area contributed by atoms with Gasteiger partial charge in [-0.15, -0.1) is 0 Å². The van der Waals surface area contributed by atoms with Gasteiger partial charge in [-0.1, -0.05) is 0 Å². The molecule has 5 heterocycles. The van der Waals surface area contributed by atoms with Gasteiger partial charge in [0, 0.05) is 18.0 Å². The maximum absolute atomic E-state index is 12.8. The number of Topliss-reactive ketones (excluding diaryl/α,β-unsaturated/α-hetero) is 1. The third-order valence-electron chi connectivity index (χ3n) is 4.69. The standard InChI is InChI=1S/C13H16N4O/c18-12(11-1-3-14-4-2-11)13-5-15-8-16(6-13)10-17(7-13)9-15/h1-4H,5-10H2/p+3. The van der Waals surface area contributed by atoms with Crippen molar-refractivity contribution < 1.29 is 19.5 Å². The highest BCUT2D eigenvalue weighted by Gasteiger charge is 2.61. The Kier molecular flexibility index (Phi) is 2.12. The summed E-state index contributed by atoms with van der Waals surface area (Å²) < 4.78 is 0. The van der Waals surface area contributed by atoms with E-state index in [-0.39, 0.29) is 5.41 Å². The number of carbonyl (C=O) groups excluding carboxylic acids is 1. The molecule has 1 aromatic rings. The molecule has 0 radical (unpaired) electrons. The van der Waals surface area contributed by atoms with Crippen molar-refractivity contribution in [3.8, 4) is 0 Å². The van der Waals surface area contributed by atoms with E-state index in [9.17, 15) is 4.79 Å². The van der Waals surface area contributed by atoms with Crippen molar-refractivity contribution in [1.29, 1.82) is 0 Å². The number of rotatable bonds is 2. The van der Waals surface area contributed by atoms with Crippen molar-refractivity contribution in [3.63, 3.8) is 0 Å². The van der Waals surface area contributed by atoms with Crippen molar-refractivity contribution in [3.05, 3.63) is 30.1 Å². The summed E-state index contributed by atoms with van der Waals surface area (Å²) in [6.45, 7) is 6.70. The van der Waals surface area contributed by atoms with E-state index in [0.29, 0.717) is 5.78 Å². The summed E-state index contributed by atoms with van der Waals surface area (Å²) in [5.74, 6) is 0.344. The smallest absolute Gasteiger partial charge is 0.213 e. The van der Waals surface area contributed by atoms with Gasteiger partial charge in [0.05, 0.1) is 0 Å². The number of pyridine rings is 1. The van der Waals surface area contributed by atoms with Crippen LogP contribution < -0.4 is 14.7 Å². The maximum atomic E-state index is 12.8. The van der Waals surface area contributed by atoms with Gasteiger partial charge in [-0.2, -0.15) is 0 Å². The van der Waals surface area contributed by atoms with Crippen molar-refractivity contribution in [2.24, 2.45) is 5.41 Å². The highest BCUT2D eigenvalue weighted by Crippen LogP contribution is 2.21. The average Bonchev–Trinajstić information content (AvgIpc) is 2.37. The molecule has 5 rings (SSSR count). The Morgan fingerprint density at radius 3 is 2.00 bits per heavy atom. The molecular weight excluding hydrogens is 228 g/mol. The van der Waals surface area contributed by atoms with Crippen LogP contribution in [-0.2, 0) is 0 Å². The minimum Gasteiger partial charge on any atom is -0.293 e. The van der Waals surface area contributed by atoms with Crippen LogP contribution in [0.25, 0.3) is 0 Å². The minimum absolute atomic E-state index is 0.115. The lowest BCUT2D eigenvalue weighted by Gasteiger charge is -2.51. The highest BCUT2D eigenvalue weighted by molar-refractivity contribution is 6.00. The summed E-state index contributed by atoms with van der Waals surface area (Å²) in [4.78, 5) is 21.6. The zero-order valence-corrected chi connectivity index (χ0v) is 10.4. The monoisotopic (exact) mass is 247 g/mol. The van der Waals surface area contributed by atoms with Gasteiger partial charge in [-0.25, -0.2) is 14.7 Å². The maximum Gasteiger partial charge on any atom is 0.213 e. The number of ketones is 1. The van der Waals surface area contributed by atoms with Crippen LogP contribution in [0.3, 0.4) is 0 Å². The zero-order chi connectivity index (χ0) is 12.2. The van der Waals surface area contributed by atoms with Gasteiger partial charge < -0.3 is 0 Å². The molecule has 0 aliphatic carbocycles. The molecule has 0 unspecified atom stereocenters. The fraction of sp³-hybridized carbons (Fsp3) is 0.538. The Hall–Kier alpha value is -1.30. The first kappa shape index (κ1) is 10.6. The van der Waals surface area contributed by atoms with Crippen LogP contribution in [0.2, 0.25) is 0 Å². The third-order valence-corrected chi connectivity index (χ3v) is 4.69. The molecule has 18 heavy (non-hydrogen) atoms. The Morgan fingerprint density at radius 1 is 1.00 bits per heavy atom. The Morgan fingerprint density at radius 2 is 1.50 bits per heavy atom. The van der Waals surface area contributed by atoms with Crippen molar-refractivity contribution in [1.82, 2.24) is 4.98 Å². The fourth-order valence-corrected chi connectivity index (χ4v) is 4.30. The predicted octanol–water partition coefficient (Wildman–Crippen LogP) is -4.18. The molecule has 4 saturated heterocycles. The van der Waals surface area contributed by atoms with Crippen LogP contribution in [0, 0.1) is 5.41 Å². The van der Waals surface area contributed by atoms with Crippen LogP contribution >= 0.6 is 0 Å². The van der Waals surface area contributed by atoms with Crippen LogP contribution in [0.15, 0.2) is 24.5 Å². The van der Waals surface area contributed by atoms with Gasteiger partial charge in [0.15, 0.2) is 11.2 Å². The quantitative estimate of drug-likeness (QED) is 0.464. The van der Waals surface area contributed by atoms with E-state index in [2.05, 4.69) is 4.98 Å². The molecular formula is C13H19N4O+3. The van der Waals surface area contributed by atoms with E-state index in [1.807, 2.05) is 12.1 Å². The van der Waals surface area contributed by atoms with E-state index >= 15 is 0 Å². The number of hydrogen-bond acceptors (Lipinski definition) is 2. The Balaban J connectivity index is 1.70. The number of hydrogen-bond donors (Lipinski definition) is 3. The summed E-state index contributed by atoms with van der Waals surface area (Å²) >= 11 is 0. The summed E-state index contributed by atoms with van der Waals surface area (Å²) in [7, 11) is 0. The molecule has 5 nitrogen and oxygen atoms in total. The SMILES string of the molecule is O=C(c1ccncc1)C12C[NH+]3C[NH+](C[NH+](C3)C1)C2. The zero-order valence-electron chi connectivity index (χ0n) is 10.4. The second kappa shape index (κ2) is 3.60. The molecule has 4 bridgehead atoms. The first-order chi connectivity index (χ1) is 8.75. The molecule has 1 aromatic heterocycles. The first-order valence-corrected chi connectivity index (χ1v) is 6.71. The largest absolute Gasteiger partial charge is 0.293 e. The topological polar surface area (TPSA) is 43.3 Å². The van der Waals surface area contributed by atoms with E-state index < -0.39 is 0 Å². The lowest BCUT2D eigenvalue weighted by atomic mass is 9.75. The van der Waals surface area contributed by atoms with Crippen LogP contribution in [-0.4, -0.2) is 50.4 Å². The van der Waals surface area contributed by atoms with Crippen molar-refractivity contribution in [2.45, 2.75) is 0 Å². The molecule has 94 valence electrons. The van der Waals surface area contributed by atoms with E-state index in [0.717, 1.165) is 25.2 Å². The van der Waals surface area contributed by atoms with Crippen LogP contribution in [0.1, 0.15) is 10.4 Å². The lowest BCUT2D eigenvalue weighted by Crippen LogP contribution is -3.56. The van der Waals surface area contributed by atoms with Gasteiger partial charge in [0.25, 0.3) is 0 Å². The molecule has 0 amide bonds. The van der Waals surface area contributed by atoms with Gasteiger partial charge in [-0.05, 0) is 12.1 Å². The molecule has 5 heteroatoms. The highest BCUT2D eigenvalue weighted by atomic mass is 16.1. The molecule has 3 N–H and O–H groups in total. The normalized spacial score (nSPS) is 41.0. The van der Waals surface area contributed by atoms with Crippen molar-refractivity contribution >= 4 is 5.78 Å². The number of quaternary nitrogens is 3. The van der Waals surface area contributed by atoms with Gasteiger partial charge in [-0.3, -0.25) is 9.78 Å². The Labute approximate surface area is 106 Å². The van der Waals surface area contributed by atoms with E-state index in [1.54, 1.807) is 27.1 Å². The van der Waals surface area contributed by atoms with E-state index in [1.165, 1.54) is 20.0 Å². The van der Waals surface area contributed by atoms with Crippen molar-refractivity contribution in [2.75, 3.05) is 39.6 Å². The molecule has 0 atom stereocenters. The molecule has 4 fully saturated rings. The van der Waals surface area contributed by atoms with E-state index in [4.69, 9.17) is 0 Å². The van der Waals surface area contributed by atoms with Crippen LogP contribution in [0.5, 0.6) is 0 Å². The number of nitrogens with zero attached hydrogens (tertiary/aromatic N) is 1. The lowest BCUT2D eigenvalue weighted by molar-refractivity contribution is -1.30. The number of nitrogens with one attached hydrogen (secondary N) is 3. The molecule has 0 aromatic carbocycles. The summed E-state index contributed by atoms with van der Waals surface area (Å²) in [5, 5.41) is 0. The fourth-order valence-electron chi connectivity index (χ4n) is 4.30. The summed E-state index contributed by atoms with van der Waals surface area (Å²) in [6.07, 6.45) is 3.45. The third kappa shape index (κ3) is 1.44. The van der Waals surface area contributed by atoms with Gasteiger partial charge in [0.2, 0.25) is 20.0 Å². The molecule has 4 aliphatic rings. The van der Waals surface area contributed by atoms with Gasteiger partial charge in [0.1, 0.15) is 19.6 Å². The number of aromatic nitrogens is 1.